The van der Waals surface area contributed by atoms with Crippen LogP contribution in [0.5, 0.6) is 5.75 Å². The number of hydrogen-bond acceptors (Lipinski definition) is 4. The van der Waals surface area contributed by atoms with E-state index in [1.807, 2.05) is 0 Å². The molecule has 1 rings (SSSR count). The van der Waals surface area contributed by atoms with E-state index in [1.165, 1.54) is 0 Å². The minimum Gasteiger partial charge on any atom is -0.496 e. The maximum absolute atomic E-state index is 11.1. The number of hydrazone groups is 1. The molecule has 18 heavy (non-hydrogen) atoms. The molecule has 0 saturated carbocycles. The van der Waals surface area contributed by atoms with Crippen molar-refractivity contribution in [2.75, 3.05) is 13.7 Å². The van der Waals surface area contributed by atoms with E-state index in [2.05, 4.69) is 10.5 Å². The van der Waals surface area contributed by atoms with Crippen LogP contribution in [0.2, 0.25) is 5.02 Å². The molecule has 0 saturated heterocycles. The summed E-state index contributed by atoms with van der Waals surface area (Å²) >= 11 is 5.91. The van der Waals surface area contributed by atoms with Gasteiger partial charge in [-0.2, -0.15) is 5.10 Å². The molecule has 0 heterocycles. The van der Waals surface area contributed by atoms with Gasteiger partial charge < -0.3 is 9.47 Å². The van der Waals surface area contributed by atoms with Crippen molar-refractivity contribution in [1.82, 2.24) is 5.43 Å². The maximum atomic E-state index is 11.1. The largest absolute Gasteiger partial charge is 0.496 e. The van der Waals surface area contributed by atoms with Crippen molar-refractivity contribution in [3.63, 3.8) is 0 Å². The van der Waals surface area contributed by atoms with Crippen molar-refractivity contribution < 1.29 is 14.3 Å². The van der Waals surface area contributed by atoms with Gasteiger partial charge in [-0.05, 0) is 32.0 Å². The maximum Gasteiger partial charge on any atom is 0.427 e. The van der Waals surface area contributed by atoms with Crippen LogP contribution in [-0.2, 0) is 4.74 Å². The van der Waals surface area contributed by atoms with E-state index in [4.69, 9.17) is 21.1 Å². The number of ether oxygens (including phenoxy) is 2. The zero-order valence-electron chi connectivity index (χ0n) is 10.5. The summed E-state index contributed by atoms with van der Waals surface area (Å²) < 4.78 is 9.89. The van der Waals surface area contributed by atoms with Crippen molar-refractivity contribution in [3.8, 4) is 5.75 Å². The summed E-state index contributed by atoms with van der Waals surface area (Å²) in [7, 11) is 1.55. The number of hydrogen-bond donors (Lipinski definition) is 1. The van der Waals surface area contributed by atoms with E-state index in [1.54, 1.807) is 39.2 Å². The van der Waals surface area contributed by atoms with Crippen LogP contribution < -0.4 is 10.2 Å². The van der Waals surface area contributed by atoms with Gasteiger partial charge in [0.1, 0.15) is 5.75 Å². The lowest BCUT2D eigenvalue weighted by molar-refractivity contribution is 0.152. The van der Waals surface area contributed by atoms with Crippen molar-refractivity contribution in [1.29, 1.82) is 0 Å². The lowest BCUT2D eigenvalue weighted by Gasteiger charge is -2.08. The van der Waals surface area contributed by atoms with E-state index >= 15 is 0 Å². The van der Waals surface area contributed by atoms with Crippen LogP contribution in [0.1, 0.15) is 19.4 Å². The summed E-state index contributed by atoms with van der Waals surface area (Å²) in [6.07, 6.45) is -0.599. The Morgan fingerprint density at radius 2 is 2.22 bits per heavy atom. The molecule has 1 amide bonds. The van der Waals surface area contributed by atoms with Gasteiger partial charge in [-0.3, -0.25) is 0 Å². The summed E-state index contributed by atoms with van der Waals surface area (Å²) in [4.78, 5) is 11.1. The average Bonchev–Trinajstić information content (AvgIpc) is 2.36. The summed E-state index contributed by atoms with van der Waals surface area (Å²) in [5.41, 5.74) is 3.56. The molecule has 0 fully saturated rings. The Kier molecular flexibility index (Phi) is 5.45. The van der Waals surface area contributed by atoms with Crippen LogP contribution >= 0.6 is 11.6 Å². The van der Waals surface area contributed by atoms with E-state index in [0.717, 1.165) is 0 Å². The predicted octanol–water partition coefficient (Wildman–Crippen LogP) is 2.82. The highest BCUT2D eigenvalue weighted by molar-refractivity contribution is 6.31. The summed E-state index contributed by atoms with van der Waals surface area (Å²) in [6, 6.07) is 5.17. The topological polar surface area (TPSA) is 59.9 Å². The zero-order valence-corrected chi connectivity index (χ0v) is 11.2. The number of halogens is 1. The molecule has 5 nitrogen and oxygen atoms in total. The minimum atomic E-state index is -0.599. The van der Waals surface area contributed by atoms with E-state index in [9.17, 15) is 4.79 Å². The Hall–Kier alpha value is -1.75. The fourth-order valence-electron chi connectivity index (χ4n) is 1.32. The molecule has 0 aliphatic heterocycles. The van der Waals surface area contributed by atoms with Crippen molar-refractivity contribution in [3.05, 3.63) is 28.8 Å². The Morgan fingerprint density at radius 3 is 2.83 bits per heavy atom. The number of carbonyl (C=O) groups excluding carboxylic acids is 1. The summed E-state index contributed by atoms with van der Waals surface area (Å²) in [5.74, 6) is 0.631. The standard InChI is InChI=1S/C12H15ClN2O3/c1-4-18-12(16)15-14-8(2)10-7-9(13)5-6-11(10)17-3/h5-7H,4H2,1-3H3,(H,15,16)/b14-8-. The molecule has 6 heteroatoms. The molecule has 0 atom stereocenters. The first-order valence-corrected chi connectivity index (χ1v) is 5.77. The molecule has 0 aliphatic rings. The first-order valence-electron chi connectivity index (χ1n) is 5.39. The molecule has 98 valence electrons. The van der Waals surface area contributed by atoms with Gasteiger partial charge in [0.25, 0.3) is 0 Å². The van der Waals surface area contributed by atoms with E-state index in [0.29, 0.717) is 28.7 Å². The van der Waals surface area contributed by atoms with Crippen LogP contribution in [0.15, 0.2) is 23.3 Å². The average molecular weight is 271 g/mol. The second-order valence-corrected chi connectivity index (χ2v) is 3.81. The van der Waals surface area contributed by atoms with Crippen LogP contribution in [0.25, 0.3) is 0 Å². The Bertz CT molecular complexity index is 461. The molecule has 1 aromatic carbocycles. The number of methoxy groups -OCH3 is 1. The quantitative estimate of drug-likeness (QED) is 0.676. The first-order chi connectivity index (χ1) is 8.58. The first kappa shape index (κ1) is 14.3. The van der Waals surface area contributed by atoms with Crippen LogP contribution in [0, 0.1) is 0 Å². The molecule has 0 radical (unpaired) electrons. The molecule has 0 bridgehead atoms. The molecule has 1 aromatic rings. The third-order valence-electron chi connectivity index (χ3n) is 2.14. The number of nitrogens with zero attached hydrogens (tertiary/aromatic N) is 1. The third-order valence-corrected chi connectivity index (χ3v) is 2.38. The lowest BCUT2D eigenvalue weighted by Crippen LogP contribution is -2.20. The van der Waals surface area contributed by atoms with E-state index < -0.39 is 6.09 Å². The summed E-state index contributed by atoms with van der Waals surface area (Å²) in [6.45, 7) is 3.75. The van der Waals surface area contributed by atoms with Crippen LogP contribution in [0.4, 0.5) is 4.79 Å². The molecule has 1 N–H and O–H groups in total. The fraction of sp³-hybridized carbons (Fsp3) is 0.333. The zero-order chi connectivity index (χ0) is 13.5. The van der Waals surface area contributed by atoms with Crippen molar-refractivity contribution in [2.45, 2.75) is 13.8 Å². The number of benzene rings is 1. The second kappa shape index (κ2) is 6.86. The van der Waals surface area contributed by atoms with Gasteiger partial charge in [0.2, 0.25) is 0 Å². The molecular weight excluding hydrogens is 256 g/mol. The molecule has 0 unspecified atom stereocenters. The Balaban J connectivity index is 2.88. The molecule has 0 aromatic heterocycles. The summed E-state index contributed by atoms with van der Waals surface area (Å²) in [5, 5.41) is 4.48. The number of nitrogens with one attached hydrogen (secondary N) is 1. The highest BCUT2D eigenvalue weighted by Crippen LogP contribution is 2.23. The van der Waals surface area contributed by atoms with Crippen LogP contribution in [0.3, 0.4) is 0 Å². The van der Waals surface area contributed by atoms with Gasteiger partial charge in [-0.15, -0.1) is 0 Å². The van der Waals surface area contributed by atoms with Gasteiger partial charge in [0.05, 0.1) is 19.4 Å². The fourth-order valence-corrected chi connectivity index (χ4v) is 1.49. The minimum absolute atomic E-state index is 0.293. The molecule has 0 aliphatic carbocycles. The van der Waals surface area contributed by atoms with Gasteiger partial charge in [-0.25, -0.2) is 10.2 Å². The highest BCUT2D eigenvalue weighted by Gasteiger charge is 2.08. The number of amides is 1. The molecular formula is C12H15ClN2O3. The molecule has 0 spiro atoms. The monoisotopic (exact) mass is 270 g/mol. The normalized spacial score (nSPS) is 11.0. The van der Waals surface area contributed by atoms with Gasteiger partial charge in [0.15, 0.2) is 0 Å². The van der Waals surface area contributed by atoms with Gasteiger partial charge in [-0.1, -0.05) is 11.6 Å². The smallest absolute Gasteiger partial charge is 0.427 e. The van der Waals surface area contributed by atoms with Crippen molar-refractivity contribution >= 4 is 23.4 Å². The van der Waals surface area contributed by atoms with E-state index in [-0.39, 0.29) is 0 Å². The number of carbonyl (C=O) groups is 1. The SMILES string of the molecule is CCOC(=O)N/N=C(/C)c1cc(Cl)ccc1OC. The second-order valence-electron chi connectivity index (χ2n) is 3.37. The lowest BCUT2D eigenvalue weighted by atomic mass is 10.1. The van der Waals surface area contributed by atoms with Crippen LogP contribution in [-0.4, -0.2) is 25.5 Å². The Labute approximate surface area is 111 Å². The Morgan fingerprint density at radius 1 is 1.50 bits per heavy atom. The van der Waals surface area contributed by atoms with Gasteiger partial charge in [0, 0.05) is 10.6 Å². The highest BCUT2D eigenvalue weighted by atomic mass is 35.5. The predicted molar refractivity (Wildman–Crippen MR) is 70.4 cm³/mol. The third kappa shape index (κ3) is 3.92. The number of rotatable bonds is 4. The van der Waals surface area contributed by atoms with Crippen molar-refractivity contribution in [2.24, 2.45) is 5.10 Å². The van der Waals surface area contributed by atoms with Gasteiger partial charge >= 0.3 is 6.09 Å².